The first-order valence-electron chi connectivity index (χ1n) is 6.30. The van der Waals surface area contributed by atoms with Gasteiger partial charge in [-0.25, -0.2) is 0 Å². The quantitative estimate of drug-likeness (QED) is 0.830. The highest BCUT2D eigenvalue weighted by Gasteiger charge is 2.24. The number of carboxylic acids is 1. The van der Waals surface area contributed by atoms with E-state index in [9.17, 15) is 9.90 Å². The van der Waals surface area contributed by atoms with Crippen molar-refractivity contribution in [3.8, 4) is 0 Å². The van der Waals surface area contributed by atoms with Crippen molar-refractivity contribution in [2.75, 3.05) is 0 Å². The Kier molecular flexibility index (Phi) is 6.11. The van der Waals surface area contributed by atoms with Gasteiger partial charge >= 0.3 is 5.97 Å². The van der Waals surface area contributed by atoms with Crippen LogP contribution in [0, 0.1) is 5.92 Å². The fourth-order valence-electron chi connectivity index (χ4n) is 1.94. The van der Waals surface area contributed by atoms with Crippen LogP contribution in [0.2, 0.25) is 10.0 Å². The van der Waals surface area contributed by atoms with Crippen LogP contribution in [0.4, 0.5) is 0 Å². The summed E-state index contributed by atoms with van der Waals surface area (Å²) in [6.45, 7) is 5.76. The normalized spacial score (nSPS) is 14.4. The second-order valence-electron chi connectivity index (χ2n) is 4.86. The van der Waals surface area contributed by atoms with Crippen LogP contribution in [0.5, 0.6) is 0 Å². The Morgan fingerprint density at radius 3 is 2.37 bits per heavy atom. The Morgan fingerprint density at radius 1 is 1.32 bits per heavy atom. The smallest absolute Gasteiger partial charge is 0.320 e. The van der Waals surface area contributed by atoms with Crippen molar-refractivity contribution >= 4 is 29.2 Å². The molecule has 0 spiro atoms. The maximum atomic E-state index is 11.2. The molecule has 2 atom stereocenters. The molecule has 0 bridgehead atoms. The van der Waals surface area contributed by atoms with Crippen LogP contribution in [0.1, 0.15) is 38.8 Å². The number of hydrogen-bond acceptors (Lipinski definition) is 2. The molecule has 0 fully saturated rings. The fourth-order valence-corrected chi connectivity index (χ4v) is 2.25. The van der Waals surface area contributed by atoms with Gasteiger partial charge in [0.2, 0.25) is 0 Å². The highest BCUT2D eigenvalue weighted by molar-refractivity contribution is 6.42. The monoisotopic (exact) mass is 303 g/mol. The van der Waals surface area contributed by atoms with Gasteiger partial charge in [-0.05, 0) is 30.0 Å². The lowest BCUT2D eigenvalue weighted by molar-refractivity contribution is -0.140. The Balaban J connectivity index is 2.93. The molecule has 0 radical (unpaired) electrons. The number of nitrogens with one attached hydrogen (secondary N) is 1. The Morgan fingerprint density at radius 2 is 1.95 bits per heavy atom. The van der Waals surface area contributed by atoms with Crippen LogP contribution in [-0.4, -0.2) is 17.1 Å². The molecule has 0 aromatic heterocycles. The third kappa shape index (κ3) is 4.37. The topological polar surface area (TPSA) is 49.3 Å². The van der Waals surface area contributed by atoms with E-state index in [1.807, 2.05) is 26.8 Å². The van der Waals surface area contributed by atoms with Gasteiger partial charge in [-0.1, -0.05) is 50.0 Å². The lowest BCUT2D eigenvalue weighted by Crippen LogP contribution is -2.42. The molecule has 0 aliphatic carbocycles. The highest BCUT2D eigenvalue weighted by Crippen LogP contribution is 2.27. The Bertz CT molecular complexity index is 449. The summed E-state index contributed by atoms with van der Waals surface area (Å²) in [5.41, 5.74) is 0.948. The maximum Gasteiger partial charge on any atom is 0.320 e. The summed E-state index contributed by atoms with van der Waals surface area (Å²) in [6, 6.07) is 4.74. The molecule has 0 saturated heterocycles. The van der Waals surface area contributed by atoms with E-state index in [1.54, 1.807) is 12.1 Å². The number of hydrogen-bond donors (Lipinski definition) is 2. The van der Waals surface area contributed by atoms with Crippen LogP contribution in [0.3, 0.4) is 0 Å². The molecular weight excluding hydrogens is 285 g/mol. The zero-order chi connectivity index (χ0) is 14.6. The second-order valence-corrected chi connectivity index (χ2v) is 5.68. The average molecular weight is 304 g/mol. The van der Waals surface area contributed by atoms with E-state index in [-0.39, 0.29) is 12.0 Å². The van der Waals surface area contributed by atoms with Crippen LogP contribution in [0.15, 0.2) is 18.2 Å². The fraction of sp³-hybridized carbons (Fsp3) is 0.500. The molecule has 0 saturated carbocycles. The van der Waals surface area contributed by atoms with Gasteiger partial charge in [0.15, 0.2) is 0 Å². The molecule has 106 valence electrons. The molecule has 19 heavy (non-hydrogen) atoms. The van der Waals surface area contributed by atoms with Crippen LogP contribution < -0.4 is 5.32 Å². The molecule has 0 amide bonds. The molecule has 1 aromatic carbocycles. The molecular formula is C14H19Cl2NO2. The van der Waals surface area contributed by atoms with E-state index >= 15 is 0 Å². The van der Waals surface area contributed by atoms with E-state index < -0.39 is 12.0 Å². The molecule has 2 N–H and O–H groups in total. The molecule has 2 unspecified atom stereocenters. The van der Waals surface area contributed by atoms with Crippen molar-refractivity contribution in [2.45, 2.75) is 39.3 Å². The first-order chi connectivity index (χ1) is 8.86. The molecule has 0 aliphatic heterocycles. The van der Waals surface area contributed by atoms with Gasteiger partial charge in [-0.15, -0.1) is 0 Å². The standard InChI is InChI=1S/C14H19Cl2NO2/c1-4-12(17-13(8(2)3)14(18)19)9-5-6-10(15)11(16)7-9/h5-8,12-13,17H,4H2,1-3H3,(H,18,19). The molecule has 1 aromatic rings. The van der Waals surface area contributed by atoms with Crippen molar-refractivity contribution in [3.05, 3.63) is 33.8 Å². The number of carbonyl (C=O) groups is 1. The zero-order valence-electron chi connectivity index (χ0n) is 11.3. The van der Waals surface area contributed by atoms with Crippen molar-refractivity contribution < 1.29 is 9.90 Å². The predicted molar refractivity (Wildman–Crippen MR) is 78.9 cm³/mol. The van der Waals surface area contributed by atoms with Gasteiger partial charge in [-0.3, -0.25) is 10.1 Å². The summed E-state index contributed by atoms with van der Waals surface area (Å²) in [6.07, 6.45) is 0.772. The molecule has 1 rings (SSSR count). The minimum absolute atomic E-state index is 0.00863. The Hall–Kier alpha value is -0.770. The van der Waals surface area contributed by atoms with Gasteiger partial charge < -0.3 is 5.11 Å². The van der Waals surface area contributed by atoms with E-state index in [2.05, 4.69) is 5.32 Å². The van der Waals surface area contributed by atoms with Gasteiger partial charge in [0.25, 0.3) is 0 Å². The largest absolute Gasteiger partial charge is 0.480 e. The first kappa shape index (κ1) is 16.3. The first-order valence-corrected chi connectivity index (χ1v) is 7.06. The number of aliphatic carboxylic acids is 1. The van der Waals surface area contributed by atoms with E-state index in [1.165, 1.54) is 0 Å². The predicted octanol–water partition coefficient (Wildman–Crippen LogP) is 4.14. The second kappa shape index (κ2) is 7.13. The number of rotatable bonds is 6. The summed E-state index contributed by atoms with van der Waals surface area (Å²) in [4.78, 5) is 11.2. The minimum Gasteiger partial charge on any atom is -0.480 e. The minimum atomic E-state index is -0.839. The van der Waals surface area contributed by atoms with Crippen LogP contribution >= 0.6 is 23.2 Å². The number of carboxylic acid groups (broad SMARTS) is 1. The SMILES string of the molecule is CCC(NC(C(=O)O)C(C)C)c1ccc(Cl)c(Cl)c1. The summed E-state index contributed by atoms with van der Waals surface area (Å²) in [7, 11) is 0. The van der Waals surface area contributed by atoms with Crippen molar-refractivity contribution in [1.82, 2.24) is 5.32 Å². The number of benzene rings is 1. The average Bonchev–Trinajstić information content (AvgIpc) is 2.33. The lowest BCUT2D eigenvalue weighted by Gasteiger charge is -2.25. The van der Waals surface area contributed by atoms with E-state index in [4.69, 9.17) is 23.2 Å². The Labute approximate surface area is 123 Å². The van der Waals surface area contributed by atoms with Crippen LogP contribution in [-0.2, 0) is 4.79 Å². The van der Waals surface area contributed by atoms with E-state index in [0.29, 0.717) is 10.0 Å². The molecule has 3 nitrogen and oxygen atoms in total. The number of halogens is 2. The van der Waals surface area contributed by atoms with Gasteiger partial charge in [0.05, 0.1) is 10.0 Å². The third-order valence-electron chi connectivity index (χ3n) is 3.07. The van der Waals surface area contributed by atoms with E-state index in [0.717, 1.165) is 12.0 Å². The maximum absolute atomic E-state index is 11.2. The van der Waals surface area contributed by atoms with Gasteiger partial charge in [0.1, 0.15) is 6.04 Å². The molecule has 0 aliphatic rings. The van der Waals surface area contributed by atoms with Gasteiger partial charge in [-0.2, -0.15) is 0 Å². The highest BCUT2D eigenvalue weighted by atomic mass is 35.5. The summed E-state index contributed by atoms with van der Waals surface area (Å²) >= 11 is 11.9. The van der Waals surface area contributed by atoms with Crippen molar-refractivity contribution in [2.24, 2.45) is 5.92 Å². The summed E-state index contributed by atoms with van der Waals surface area (Å²) in [5, 5.41) is 13.4. The zero-order valence-corrected chi connectivity index (χ0v) is 12.8. The van der Waals surface area contributed by atoms with Crippen molar-refractivity contribution in [1.29, 1.82) is 0 Å². The van der Waals surface area contributed by atoms with Gasteiger partial charge in [0, 0.05) is 6.04 Å². The summed E-state index contributed by atoms with van der Waals surface area (Å²) in [5.74, 6) is -0.831. The van der Waals surface area contributed by atoms with Crippen molar-refractivity contribution in [3.63, 3.8) is 0 Å². The molecule has 5 heteroatoms. The van der Waals surface area contributed by atoms with Crippen LogP contribution in [0.25, 0.3) is 0 Å². The third-order valence-corrected chi connectivity index (χ3v) is 3.81. The lowest BCUT2D eigenvalue weighted by atomic mass is 9.99. The summed E-state index contributed by atoms with van der Waals surface area (Å²) < 4.78 is 0. The molecule has 0 heterocycles.